The number of aromatic nitrogens is 1. The molecule has 6 heteroatoms. The highest BCUT2D eigenvalue weighted by Gasteiger charge is 2.17. The summed E-state index contributed by atoms with van der Waals surface area (Å²) in [6.07, 6.45) is 0. The number of hydrogen-bond donors (Lipinski definition) is 1. The maximum absolute atomic E-state index is 12.7. The summed E-state index contributed by atoms with van der Waals surface area (Å²) in [6, 6.07) is 18.2. The second kappa shape index (κ2) is 7.98. The Kier molecular flexibility index (Phi) is 5.49. The normalized spacial score (nSPS) is 10.3. The quantitative estimate of drug-likeness (QED) is 0.685. The van der Waals surface area contributed by atoms with Gasteiger partial charge in [-0.05, 0) is 62.4 Å². The molecule has 0 aliphatic heterocycles. The Bertz CT molecular complexity index is 1020. The molecule has 1 N–H and O–H groups in total. The Morgan fingerprint density at radius 1 is 1.19 bits per heavy atom. The number of anilines is 1. The zero-order valence-corrected chi connectivity index (χ0v) is 15.7. The summed E-state index contributed by atoms with van der Waals surface area (Å²) in [5, 5.41) is 12.1. The number of aryl methyl sites for hydroxylation is 1. The van der Waals surface area contributed by atoms with Gasteiger partial charge in [-0.2, -0.15) is 5.26 Å². The third-order valence-corrected chi connectivity index (χ3v) is 4.39. The molecule has 0 atom stereocenters. The van der Waals surface area contributed by atoms with E-state index in [4.69, 9.17) is 21.6 Å². The van der Waals surface area contributed by atoms with Crippen LogP contribution in [0.15, 0.2) is 54.6 Å². The molecule has 0 aliphatic carbocycles. The average molecular weight is 380 g/mol. The summed E-state index contributed by atoms with van der Waals surface area (Å²) in [6.45, 7) is 3.84. The van der Waals surface area contributed by atoms with E-state index >= 15 is 0 Å². The van der Waals surface area contributed by atoms with Crippen LogP contribution in [0.5, 0.6) is 5.75 Å². The van der Waals surface area contributed by atoms with Crippen LogP contribution in [-0.2, 0) is 0 Å². The number of benzene rings is 2. The van der Waals surface area contributed by atoms with Crippen molar-refractivity contribution in [2.75, 3.05) is 11.9 Å². The molecule has 5 nitrogen and oxygen atoms in total. The summed E-state index contributed by atoms with van der Waals surface area (Å²) in [5.41, 5.74) is 3.94. The average Bonchev–Trinajstić information content (AvgIpc) is 2.95. The van der Waals surface area contributed by atoms with Gasteiger partial charge in [-0.3, -0.25) is 4.79 Å². The van der Waals surface area contributed by atoms with Gasteiger partial charge < -0.3 is 14.6 Å². The minimum atomic E-state index is -0.193. The van der Waals surface area contributed by atoms with Crippen LogP contribution in [0, 0.1) is 25.2 Å². The first kappa shape index (κ1) is 18.6. The maximum Gasteiger partial charge on any atom is 0.257 e. The van der Waals surface area contributed by atoms with E-state index in [-0.39, 0.29) is 12.5 Å². The second-order valence-corrected chi connectivity index (χ2v) is 6.46. The first-order valence-electron chi connectivity index (χ1n) is 8.35. The summed E-state index contributed by atoms with van der Waals surface area (Å²) in [5.74, 6) is 0.385. The molecule has 0 radical (unpaired) electrons. The Balaban J connectivity index is 1.82. The Morgan fingerprint density at radius 2 is 1.93 bits per heavy atom. The van der Waals surface area contributed by atoms with Crippen LogP contribution in [0.1, 0.15) is 21.7 Å². The smallest absolute Gasteiger partial charge is 0.257 e. The van der Waals surface area contributed by atoms with E-state index < -0.39 is 0 Å². The number of amides is 1. The Hall–Kier alpha value is -3.23. The number of ether oxygens (including phenoxy) is 1. The number of carbonyl (C=O) groups is 1. The highest BCUT2D eigenvalue weighted by atomic mass is 35.5. The highest BCUT2D eigenvalue weighted by Crippen LogP contribution is 2.24. The van der Waals surface area contributed by atoms with Gasteiger partial charge in [0.2, 0.25) is 0 Å². The Morgan fingerprint density at radius 3 is 2.59 bits per heavy atom. The molecular formula is C21H18ClN3O2. The highest BCUT2D eigenvalue weighted by molar-refractivity contribution is 6.30. The van der Waals surface area contributed by atoms with Gasteiger partial charge in [-0.15, -0.1) is 0 Å². The predicted octanol–water partition coefficient (Wildman–Crippen LogP) is 4.90. The molecule has 0 aliphatic rings. The van der Waals surface area contributed by atoms with Crippen molar-refractivity contribution in [3.05, 3.63) is 76.6 Å². The van der Waals surface area contributed by atoms with Crippen molar-refractivity contribution in [2.24, 2.45) is 0 Å². The van der Waals surface area contributed by atoms with Gasteiger partial charge in [0.25, 0.3) is 5.91 Å². The van der Waals surface area contributed by atoms with E-state index in [9.17, 15) is 4.79 Å². The number of nitrogens with zero attached hydrogens (tertiary/aromatic N) is 2. The molecular weight excluding hydrogens is 362 g/mol. The molecule has 27 heavy (non-hydrogen) atoms. The van der Waals surface area contributed by atoms with Crippen molar-refractivity contribution in [2.45, 2.75) is 13.8 Å². The fraction of sp³-hybridized carbons (Fsp3) is 0.143. The third kappa shape index (κ3) is 4.13. The molecule has 0 unspecified atom stereocenters. The van der Waals surface area contributed by atoms with Crippen LogP contribution in [-0.4, -0.2) is 17.1 Å². The Labute approximate surface area is 162 Å². The third-order valence-electron chi connectivity index (χ3n) is 4.16. The predicted molar refractivity (Wildman–Crippen MR) is 106 cm³/mol. The molecule has 3 rings (SSSR count). The lowest BCUT2D eigenvalue weighted by atomic mass is 10.2. The van der Waals surface area contributed by atoms with Crippen molar-refractivity contribution in [1.82, 2.24) is 4.57 Å². The van der Waals surface area contributed by atoms with Gasteiger partial charge in [0.1, 0.15) is 11.8 Å². The number of nitriles is 1. The van der Waals surface area contributed by atoms with Crippen molar-refractivity contribution in [1.29, 1.82) is 5.26 Å². The van der Waals surface area contributed by atoms with Crippen molar-refractivity contribution < 1.29 is 9.53 Å². The van der Waals surface area contributed by atoms with E-state index in [1.807, 2.05) is 54.8 Å². The number of rotatable bonds is 5. The van der Waals surface area contributed by atoms with Gasteiger partial charge in [-0.1, -0.05) is 17.7 Å². The summed E-state index contributed by atoms with van der Waals surface area (Å²) in [4.78, 5) is 12.7. The fourth-order valence-electron chi connectivity index (χ4n) is 2.95. The van der Waals surface area contributed by atoms with Gasteiger partial charge in [0.05, 0.1) is 5.56 Å². The van der Waals surface area contributed by atoms with Crippen LogP contribution in [0.3, 0.4) is 0 Å². The standard InChI is InChI=1S/C21H18ClN3O2/c1-14-12-20(15(2)25(14)18-5-3-4-16(22)13-18)21(26)24-17-6-8-19(9-7-17)27-11-10-23/h3-9,12-13H,11H2,1-2H3,(H,24,26). The number of hydrogen-bond acceptors (Lipinski definition) is 3. The van der Waals surface area contributed by atoms with Crippen LogP contribution in [0.25, 0.3) is 5.69 Å². The maximum atomic E-state index is 12.7. The molecule has 0 fully saturated rings. The molecule has 1 heterocycles. The van der Waals surface area contributed by atoms with E-state index in [0.29, 0.717) is 22.0 Å². The zero-order chi connectivity index (χ0) is 19.4. The molecule has 0 saturated heterocycles. The fourth-order valence-corrected chi connectivity index (χ4v) is 3.14. The minimum Gasteiger partial charge on any atom is -0.479 e. The van der Waals surface area contributed by atoms with Crippen molar-refractivity contribution in [3.8, 4) is 17.5 Å². The summed E-state index contributed by atoms with van der Waals surface area (Å²) in [7, 11) is 0. The summed E-state index contributed by atoms with van der Waals surface area (Å²) < 4.78 is 7.21. The van der Waals surface area contributed by atoms with Crippen molar-refractivity contribution >= 4 is 23.2 Å². The van der Waals surface area contributed by atoms with E-state index in [2.05, 4.69) is 5.32 Å². The molecule has 3 aromatic rings. The largest absolute Gasteiger partial charge is 0.479 e. The van der Waals surface area contributed by atoms with Crippen LogP contribution in [0.2, 0.25) is 5.02 Å². The van der Waals surface area contributed by atoms with Crippen LogP contribution < -0.4 is 10.1 Å². The lowest BCUT2D eigenvalue weighted by Crippen LogP contribution is -2.13. The SMILES string of the molecule is Cc1cc(C(=O)Nc2ccc(OCC#N)cc2)c(C)n1-c1cccc(Cl)c1. The first-order chi connectivity index (χ1) is 13.0. The van der Waals surface area contributed by atoms with Gasteiger partial charge >= 0.3 is 0 Å². The first-order valence-corrected chi connectivity index (χ1v) is 8.73. The minimum absolute atomic E-state index is 0.0127. The monoisotopic (exact) mass is 379 g/mol. The lowest BCUT2D eigenvalue weighted by molar-refractivity contribution is 0.102. The zero-order valence-electron chi connectivity index (χ0n) is 15.0. The molecule has 136 valence electrons. The molecule has 1 amide bonds. The van der Waals surface area contributed by atoms with E-state index in [1.54, 1.807) is 24.3 Å². The molecule has 0 saturated carbocycles. The van der Waals surface area contributed by atoms with Gasteiger partial charge in [-0.25, -0.2) is 0 Å². The van der Waals surface area contributed by atoms with E-state index in [1.165, 1.54) is 0 Å². The molecule has 0 spiro atoms. The summed E-state index contributed by atoms with van der Waals surface area (Å²) >= 11 is 6.10. The van der Waals surface area contributed by atoms with E-state index in [0.717, 1.165) is 17.1 Å². The molecule has 0 bridgehead atoms. The topological polar surface area (TPSA) is 67.0 Å². The molecule has 2 aromatic carbocycles. The van der Waals surface area contributed by atoms with Gasteiger partial charge in [0.15, 0.2) is 6.61 Å². The number of nitrogens with one attached hydrogen (secondary N) is 1. The lowest BCUT2D eigenvalue weighted by Gasteiger charge is -2.11. The van der Waals surface area contributed by atoms with Crippen molar-refractivity contribution in [3.63, 3.8) is 0 Å². The van der Waals surface area contributed by atoms with Gasteiger partial charge in [0, 0.05) is 27.8 Å². The van der Waals surface area contributed by atoms with Crippen LogP contribution in [0.4, 0.5) is 5.69 Å². The number of carbonyl (C=O) groups excluding carboxylic acids is 1. The molecule has 1 aromatic heterocycles. The second-order valence-electron chi connectivity index (χ2n) is 6.03. The number of halogens is 1. The van der Waals surface area contributed by atoms with Crippen LogP contribution >= 0.6 is 11.6 Å².